The number of nitrogens with one attached hydrogen (secondary N) is 1. The van der Waals surface area contributed by atoms with E-state index in [9.17, 15) is 9.90 Å². The maximum atomic E-state index is 12.0. The summed E-state index contributed by atoms with van der Waals surface area (Å²) in [6.45, 7) is 1.84. The first-order valence-corrected chi connectivity index (χ1v) is 5.39. The molecule has 0 atom stereocenters. The van der Waals surface area contributed by atoms with E-state index in [-0.39, 0.29) is 11.3 Å². The number of phenols is 1. The number of nitrogen functional groups attached to an aromatic ring is 1. The third kappa shape index (κ3) is 2.40. The van der Waals surface area contributed by atoms with Crippen LogP contribution < -0.4 is 11.1 Å². The van der Waals surface area contributed by atoms with Gasteiger partial charge in [-0.2, -0.15) is 0 Å². The first-order chi connectivity index (χ1) is 8.58. The lowest BCUT2D eigenvalue weighted by Gasteiger charge is -2.08. The normalized spacial score (nSPS) is 10.1. The van der Waals surface area contributed by atoms with Gasteiger partial charge in [-0.1, -0.05) is 6.07 Å². The topological polar surface area (TPSA) is 88.2 Å². The van der Waals surface area contributed by atoms with Gasteiger partial charge in [-0.3, -0.25) is 4.79 Å². The minimum Gasteiger partial charge on any atom is -0.508 e. The zero-order chi connectivity index (χ0) is 13.1. The molecule has 0 aliphatic heterocycles. The largest absolute Gasteiger partial charge is 0.508 e. The van der Waals surface area contributed by atoms with Crippen LogP contribution in [0.3, 0.4) is 0 Å². The molecular weight excluding hydrogens is 230 g/mol. The maximum Gasteiger partial charge on any atom is 0.259 e. The van der Waals surface area contributed by atoms with Crippen LogP contribution in [0.5, 0.6) is 5.75 Å². The Hall–Kier alpha value is -2.56. The van der Waals surface area contributed by atoms with Crippen LogP contribution in [0.1, 0.15) is 15.9 Å². The molecule has 2 aromatic rings. The Morgan fingerprint density at radius 1 is 1.39 bits per heavy atom. The molecule has 1 aromatic heterocycles. The number of aromatic nitrogens is 1. The van der Waals surface area contributed by atoms with Gasteiger partial charge < -0.3 is 16.2 Å². The van der Waals surface area contributed by atoms with Gasteiger partial charge in [0.1, 0.15) is 11.6 Å². The van der Waals surface area contributed by atoms with Crippen molar-refractivity contribution in [3.8, 4) is 5.75 Å². The average molecular weight is 243 g/mol. The molecule has 0 aliphatic carbocycles. The Balaban J connectivity index is 2.28. The molecule has 0 bridgehead atoms. The fourth-order valence-corrected chi connectivity index (χ4v) is 1.53. The maximum absolute atomic E-state index is 12.0. The fourth-order valence-electron chi connectivity index (χ4n) is 1.53. The van der Waals surface area contributed by atoms with Crippen molar-refractivity contribution < 1.29 is 9.90 Å². The summed E-state index contributed by atoms with van der Waals surface area (Å²) in [4.78, 5) is 16.1. The van der Waals surface area contributed by atoms with Crippen LogP contribution in [0, 0.1) is 6.92 Å². The average Bonchev–Trinajstić information content (AvgIpc) is 2.35. The van der Waals surface area contributed by atoms with Gasteiger partial charge in [-0.05, 0) is 36.8 Å². The van der Waals surface area contributed by atoms with E-state index in [0.29, 0.717) is 11.5 Å². The Labute approximate surface area is 104 Å². The van der Waals surface area contributed by atoms with Gasteiger partial charge in [-0.25, -0.2) is 4.98 Å². The number of carbonyl (C=O) groups excluding carboxylic acids is 1. The highest BCUT2D eigenvalue weighted by molar-refractivity contribution is 6.07. The van der Waals surface area contributed by atoms with Crippen LogP contribution in [0.4, 0.5) is 11.5 Å². The van der Waals surface area contributed by atoms with Crippen molar-refractivity contribution in [2.75, 3.05) is 11.1 Å². The Morgan fingerprint density at radius 2 is 2.17 bits per heavy atom. The number of hydrogen-bond acceptors (Lipinski definition) is 4. The van der Waals surface area contributed by atoms with E-state index in [1.807, 2.05) is 13.0 Å². The van der Waals surface area contributed by atoms with E-state index in [1.54, 1.807) is 12.3 Å². The van der Waals surface area contributed by atoms with Crippen LogP contribution in [0.25, 0.3) is 0 Å². The molecule has 0 aliphatic rings. The predicted octanol–water partition coefficient (Wildman–Crippen LogP) is 1.93. The molecule has 0 unspecified atom stereocenters. The van der Waals surface area contributed by atoms with Gasteiger partial charge in [0.05, 0.1) is 5.56 Å². The van der Waals surface area contributed by atoms with Crippen molar-refractivity contribution in [3.05, 3.63) is 47.7 Å². The predicted molar refractivity (Wildman–Crippen MR) is 69.4 cm³/mol. The van der Waals surface area contributed by atoms with Gasteiger partial charge in [0.25, 0.3) is 5.91 Å². The Bertz CT molecular complexity index is 597. The monoisotopic (exact) mass is 243 g/mol. The van der Waals surface area contributed by atoms with Crippen LogP contribution in [-0.2, 0) is 0 Å². The van der Waals surface area contributed by atoms with E-state index in [2.05, 4.69) is 10.3 Å². The molecule has 0 radical (unpaired) electrons. The molecular formula is C13H13N3O2. The number of anilines is 2. The number of benzene rings is 1. The van der Waals surface area contributed by atoms with E-state index in [1.165, 1.54) is 18.2 Å². The number of aromatic hydroxyl groups is 1. The van der Waals surface area contributed by atoms with Crippen molar-refractivity contribution in [2.24, 2.45) is 0 Å². The summed E-state index contributed by atoms with van der Waals surface area (Å²) >= 11 is 0. The molecule has 4 N–H and O–H groups in total. The first kappa shape index (κ1) is 11.9. The number of aryl methyl sites for hydroxylation is 1. The molecule has 0 saturated carbocycles. The number of carbonyl (C=O) groups is 1. The highest BCUT2D eigenvalue weighted by Gasteiger charge is 2.12. The Kier molecular flexibility index (Phi) is 3.14. The fraction of sp³-hybridized carbons (Fsp3) is 0.0769. The van der Waals surface area contributed by atoms with Crippen LogP contribution in [0.2, 0.25) is 0 Å². The molecule has 1 aromatic carbocycles. The standard InChI is InChI=1S/C13H13N3O2/c1-8-3-2-6-15-12(8)16-13(18)10-7-9(17)4-5-11(10)14/h2-7,17H,14H2,1H3,(H,15,16,18). The second-order valence-electron chi connectivity index (χ2n) is 3.89. The summed E-state index contributed by atoms with van der Waals surface area (Å²) in [6, 6.07) is 7.86. The van der Waals surface area contributed by atoms with E-state index < -0.39 is 5.91 Å². The number of amides is 1. The van der Waals surface area contributed by atoms with Crippen molar-refractivity contribution >= 4 is 17.4 Å². The second kappa shape index (κ2) is 4.75. The molecule has 18 heavy (non-hydrogen) atoms. The van der Waals surface area contributed by atoms with Gasteiger partial charge in [0.2, 0.25) is 0 Å². The molecule has 1 heterocycles. The lowest BCUT2D eigenvalue weighted by atomic mass is 10.1. The van der Waals surface area contributed by atoms with E-state index in [4.69, 9.17) is 5.73 Å². The number of nitrogens with two attached hydrogens (primary N) is 1. The number of hydrogen-bond donors (Lipinski definition) is 3. The third-order valence-electron chi connectivity index (χ3n) is 2.52. The highest BCUT2D eigenvalue weighted by atomic mass is 16.3. The van der Waals surface area contributed by atoms with Crippen LogP contribution in [0.15, 0.2) is 36.5 Å². The number of rotatable bonds is 2. The summed E-state index contributed by atoms with van der Waals surface area (Å²) < 4.78 is 0. The molecule has 2 rings (SSSR count). The molecule has 5 nitrogen and oxygen atoms in total. The summed E-state index contributed by atoms with van der Waals surface area (Å²) in [5, 5.41) is 12.0. The van der Waals surface area contributed by atoms with E-state index >= 15 is 0 Å². The zero-order valence-corrected chi connectivity index (χ0v) is 9.84. The lowest BCUT2D eigenvalue weighted by molar-refractivity contribution is 0.102. The highest BCUT2D eigenvalue weighted by Crippen LogP contribution is 2.20. The number of nitrogens with zero attached hydrogens (tertiary/aromatic N) is 1. The van der Waals surface area contributed by atoms with Crippen molar-refractivity contribution in [2.45, 2.75) is 6.92 Å². The lowest BCUT2D eigenvalue weighted by Crippen LogP contribution is -2.15. The molecule has 5 heteroatoms. The van der Waals surface area contributed by atoms with Gasteiger partial charge >= 0.3 is 0 Å². The molecule has 92 valence electrons. The Morgan fingerprint density at radius 3 is 2.89 bits per heavy atom. The summed E-state index contributed by atoms with van der Waals surface area (Å²) in [5.41, 5.74) is 7.07. The minimum atomic E-state index is -0.398. The van der Waals surface area contributed by atoms with Crippen molar-refractivity contribution in [1.82, 2.24) is 4.98 Å². The minimum absolute atomic E-state index is 0.00732. The smallest absolute Gasteiger partial charge is 0.259 e. The third-order valence-corrected chi connectivity index (χ3v) is 2.52. The number of pyridine rings is 1. The van der Waals surface area contributed by atoms with Crippen LogP contribution >= 0.6 is 0 Å². The van der Waals surface area contributed by atoms with Gasteiger partial charge in [-0.15, -0.1) is 0 Å². The molecule has 0 saturated heterocycles. The number of phenolic OH excluding ortho intramolecular Hbond substituents is 1. The second-order valence-corrected chi connectivity index (χ2v) is 3.89. The summed E-state index contributed by atoms with van der Waals surface area (Å²) in [6.07, 6.45) is 1.59. The first-order valence-electron chi connectivity index (χ1n) is 5.39. The van der Waals surface area contributed by atoms with Crippen molar-refractivity contribution in [3.63, 3.8) is 0 Å². The molecule has 1 amide bonds. The van der Waals surface area contributed by atoms with E-state index in [0.717, 1.165) is 5.56 Å². The van der Waals surface area contributed by atoms with Crippen molar-refractivity contribution in [1.29, 1.82) is 0 Å². The molecule has 0 spiro atoms. The van der Waals surface area contributed by atoms with Gasteiger partial charge in [0.15, 0.2) is 0 Å². The van der Waals surface area contributed by atoms with Gasteiger partial charge in [0, 0.05) is 11.9 Å². The summed E-state index contributed by atoms with van der Waals surface area (Å²) in [7, 11) is 0. The zero-order valence-electron chi connectivity index (χ0n) is 9.84. The summed E-state index contributed by atoms with van der Waals surface area (Å²) in [5.74, 6) is 0.0718. The quantitative estimate of drug-likeness (QED) is 0.555. The SMILES string of the molecule is Cc1cccnc1NC(=O)c1cc(O)ccc1N. The van der Waals surface area contributed by atoms with Crippen LogP contribution in [-0.4, -0.2) is 16.0 Å². The molecule has 0 fully saturated rings.